The summed E-state index contributed by atoms with van der Waals surface area (Å²) in [4.78, 5) is 21.9. The Morgan fingerprint density at radius 1 is 1.37 bits per heavy atom. The van der Waals surface area contributed by atoms with Gasteiger partial charge in [0.2, 0.25) is 5.91 Å². The maximum absolute atomic E-state index is 13.2. The highest BCUT2D eigenvalue weighted by atomic mass is 79.9. The van der Waals surface area contributed by atoms with Crippen LogP contribution in [0, 0.1) is 11.3 Å². The van der Waals surface area contributed by atoms with Crippen LogP contribution in [-0.4, -0.2) is 52.7 Å². The minimum atomic E-state index is -0.627. The van der Waals surface area contributed by atoms with Gasteiger partial charge in [0.15, 0.2) is 0 Å². The van der Waals surface area contributed by atoms with Crippen LogP contribution in [0.1, 0.15) is 45.2 Å². The number of nitrogens with zero attached hydrogens (tertiary/aromatic N) is 4. The molecule has 0 bridgehead atoms. The van der Waals surface area contributed by atoms with Crippen molar-refractivity contribution in [3.8, 4) is 6.07 Å². The van der Waals surface area contributed by atoms with Crippen molar-refractivity contribution in [1.29, 1.82) is 5.26 Å². The first kappa shape index (κ1) is 17.6. The molecule has 0 radical (unpaired) electrons. The lowest BCUT2D eigenvalue weighted by molar-refractivity contribution is -0.124. The number of fused-ring (bicyclic) bond motifs is 1. The van der Waals surface area contributed by atoms with Crippen molar-refractivity contribution in [1.82, 2.24) is 9.88 Å². The molecule has 2 aliphatic carbocycles. The van der Waals surface area contributed by atoms with Crippen molar-refractivity contribution in [2.24, 2.45) is 0 Å². The summed E-state index contributed by atoms with van der Waals surface area (Å²) >= 11 is 3.48. The molecule has 6 nitrogen and oxygen atoms in total. The molecule has 1 aromatic rings. The molecule has 2 aliphatic heterocycles. The lowest BCUT2D eigenvalue weighted by Crippen LogP contribution is -2.67. The predicted molar refractivity (Wildman–Crippen MR) is 103 cm³/mol. The fraction of sp³-hybridized carbons (Fsp3) is 0.650. The number of halogens is 1. The summed E-state index contributed by atoms with van der Waals surface area (Å²) in [7, 11) is 0. The van der Waals surface area contributed by atoms with Crippen LogP contribution in [0.4, 0.5) is 5.69 Å². The Kier molecular flexibility index (Phi) is 3.60. The highest BCUT2D eigenvalue weighted by Crippen LogP contribution is 2.51. The Hall–Kier alpha value is -1.49. The van der Waals surface area contributed by atoms with Gasteiger partial charge in [0, 0.05) is 42.6 Å². The third kappa shape index (κ3) is 2.43. The molecule has 0 aromatic carbocycles. The number of ether oxygens (including phenoxy) is 1. The maximum atomic E-state index is 13.2. The Morgan fingerprint density at radius 3 is 2.78 bits per heavy atom. The Balaban J connectivity index is 1.41. The molecule has 142 valence electrons. The van der Waals surface area contributed by atoms with Gasteiger partial charge in [0.05, 0.1) is 35.1 Å². The molecule has 3 fully saturated rings. The summed E-state index contributed by atoms with van der Waals surface area (Å²) in [6, 6.07) is 4.61. The van der Waals surface area contributed by atoms with Gasteiger partial charge in [0.1, 0.15) is 5.54 Å². The number of carbonyl (C=O) groups is 1. The van der Waals surface area contributed by atoms with Crippen molar-refractivity contribution in [3.05, 3.63) is 22.4 Å². The molecule has 4 aliphatic rings. The minimum Gasteiger partial charge on any atom is -0.372 e. The van der Waals surface area contributed by atoms with Gasteiger partial charge in [-0.1, -0.05) is 0 Å². The topological polar surface area (TPSA) is 69.5 Å². The van der Waals surface area contributed by atoms with Crippen LogP contribution < -0.4 is 4.90 Å². The molecule has 7 heteroatoms. The number of anilines is 1. The molecule has 27 heavy (non-hydrogen) atoms. The Bertz CT molecular complexity index is 867. The van der Waals surface area contributed by atoms with Crippen LogP contribution in [0.5, 0.6) is 0 Å². The zero-order chi connectivity index (χ0) is 19.0. The fourth-order valence-corrected chi connectivity index (χ4v) is 5.26. The summed E-state index contributed by atoms with van der Waals surface area (Å²) in [5.74, 6) is 0.0836. The van der Waals surface area contributed by atoms with Crippen LogP contribution in [0.3, 0.4) is 0 Å². The van der Waals surface area contributed by atoms with Gasteiger partial charge in [0.25, 0.3) is 0 Å². The predicted octanol–water partition coefficient (Wildman–Crippen LogP) is 2.76. The SMILES string of the molecule is CC1(C)C(=O)N([C@H]2C[C@@](C#N)(N3CCOC4(CC4)C3)C2)c2cc(Br)cnc21. The van der Waals surface area contributed by atoms with E-state index < -0.39 is 11.0 Å². The van der Waals surface area contributed by atoms with E-state index in [-0.39, 0.29) is 17.6 Å². The number of amides is 1. The molecule has 1 aromatic heterocycles. The van der Waals surface area contributed by atoms with E-state index >= 15 is 0 Å². The second-order valence-corrected chi connectivity index (χ2v) is 9.90. The van der Waals surface area contributed by atoms with Crippen molar-refractivity contribution in [2.75, 3.05) is 24.6 Å². The monoisotopic (exact) mass is 430 g/mol. The molecule has 0 unspecified atom stereocenters. The lowest BCUT2D eigenvalue weighted by atomic mass is 9.71. The van der Waals surface area contributed by atoms with E-state index in [0.717, 1.165) is 41.8 Å². The number of aromatic nitrogens is 1. The van der Waals surface area contributed by atoms with E-state index in [1.807, 2.05) is 24.8 Å². The molecule has 1 amide bonds. The molecule has 5 rings (SSSR count). The molecule has 0 N–H and O–H groups in total. The zero-order valence-electron chi connectivity index (χ0n) is 15.7. The van der Waals surface area contributed by atoms with Gasteiger partial charge < -0.3 is 9.64 Å². The lowest BCUT2D eigenvalue weighted by Gasteiger charge is -2.54. The van der Waals surface area contributed by atoms with E-state index in [2.05, 4.69) is 31.9 Å². The second-order valence-electron chi connectivity index (χ2n) is 8.98. The highest BCUT2D eigenvalue weighted by Gasteiger charge is 2.59. The van der Waals surface area contributed by atoms with Gasteiger partial charge in [-0.3, -0.25) is 14.7 Å². The summed E-state index contributed by atoms with van der Waals surface area (Å²) < 4.78 is 6.78. The van der Waals surface area contributed by atoms with Gasteiger partial charge in [-0.15, -0.1) is 0 Å². The quantitative estimate of drug-likeness (QED) is 0.721. The first-order valence-electron chi connectivity index (χ1n) is 9.60. The number of hydrogen-bond acceptors (Lipinski definition) is 5. The van der Waals surface area contributed by atoms with Crippen molar-refractivity contribution in [3.63, 3.8) is 0 Å². The first-order valence-corrected chi connectivity index (χ1v) is 10.4. The molecule has 1 saturated heterocycles. The van der Waals surface area contributed by atoms with Crippen LogP contribution in [0.15, 0.2) is 16.7 Å². The average Bonchev–Trinajstić information content (AvgIpc) is 3.31. The number of carbonyl (C=O) groups excluding carboxylic acids is 1. The fourth-order valence-electron chi connectivity index (χ4n) is 4.94. The van der Waals surface area contributed by atoms with E-state index in [1.165, 1.54) is 0 Å². The second kappa shape index (κ2) is 5.53. The van der Waals surface area contributed by atoms with Crippen molar-refractivity contribution < 1.29 is 9.53 Å². The van der Waals surface area contributed by atoms with Gasteiger partial charge in [-0.25, -0.2) is 0 Å². The van der Waals surface area contributed by atoms with Crippen LogP contribution in [0.2, 0.25) is 0 Å². The Morgan fingerprint density at radius 2 is 2.11 bits per heavy atom. The number of pyridine rings is 1. The maximum Gasteiger partial charge on any atom is 0.239 e. The molecule has 0 atom stereocenters. The molecule has 2 saturated carbocycles. The van der Waals surface area contributed by atoms with E-state index in [4.69, 9.17) is 4.74 Å². The van der Waals surface area contributed by atoms with E-state index in [0.29, 0.717) is 19.4 Å². The average molecular weight is 431 g/mol. The number of hydrogen-bond donors (Lipinski definition) is 0. The third-order valence-corrected chi connectivity index (χ3v) is 7.25. The number of nitriles is 1. The van der Waals surface area contributed by atoms with Crippen LogP contribution in [0.25, 0.3) is 0 Å². The van der Waals surface area contributed by atoms with Crippen LogP contribution in [-0.2, 0) is 14.9 Å². The van der Waals surface area contributed by atoms with E-state index in [9.17, 15) is 10.1 Å². The molecular formula is C20H23BrN4O2. The highest BCUT2D eigenvalue weighted by molar-refractivity contribution is 9.10. The molecule has 1 spiro atoms. The van der Waals surface area contributed by atoms with Crippen molar-refractivity contribution in [2.45, 2.75) is 62.1 Å². The summed E-state index contributed by atoms with van der Waals surface area (Å²) in [5, 5.41) is 9.99. The molecular weight excluding hydrogens is 408 g/mol. The van der Waals surface area contributed by atoms with Crippen molar-refractivity contribution >= 4 is 27.5 Å². The smallest absolute Gasteiger partial charge is 0.239 e. The van der Waals surface area contributed by atoms with Gasteiger partial charge in [-0.2, -0.15) is 5.26 Å². The summed E-state index contributed by atoms with van der Waals surface area (Å²) in [6.07, 6.45) is 5.32. The zero-order valence-corrected chi connectivity index (χ0v) is 17.3. The normalized spacial score (nSPS) is 33.5. The third-order valence-electron chi connectivity index (χ3n) is 6.82. The summed E-state index contributed by atoms with van der Waals surface area (Å²) in [6.45, 7) is 6.21. The largest absolute Gasteiger partial charge is 0.372 e. The molecule has 3 heterocycles. The number of morpholine rings is 1. The standard InChI is InChI=1S/C20H23BrN4O2/c1-18(2)16-15(7-13(21)10-23-16)25(17(18)26)14-8-19(9-14,11-22)24-5-6-27-20(12-24)3-4-20/h7,10,14H,3-6,8-9,12H2,1-2H3/t14-,19+. The minimum absolute atomic E-state index is 0.0000250. The Labute approximate surface area is 167 Å². The number of rotatable bonds is 2. The summed E-state index contributed by atoms with van der Waals surface area (Å²) in [5.41, 5.74) is 0.610. The van der Waals surface area contributed by atoms with E-state index in [1.54, 1.807) is 6.20 Å². The van der Waals surface area contributed by atoms with Gasteiger partial charge in [-0.05, 0) is 48.7 Å². The van der Waals surface area contributed by atoms with Crippen LogP contribution >= 0.6 is 15.9 Å². The first-order chi connectivity index (χ1) is 12.8. The van der Waals surface area contributed by atoms with Gasteiger partial charge >= 0.3 is 0 Å².